The van der Waals surface area contributed by atoms with E-state index in [0.717, 1.165) is 39.0 Å². The average Bonchev–Trinajstić information content (AvgIpc) is 2.92. The maximum Gasteiger partial charge on any atom is 0.230 e. The molecule has 1 aliphatic heterocycles. The predicted octanol–water partition coefficient (Wildman–Crippen LogP) is 1.05. The van der Waals surface area contributed by atoms with Crippen molar-refractivity contribution in [3.8, 4) is 0 Å². The SMILES string of the molecule is COCCN(CCCN(C)C)C(=O)C1(C(C)C)CCNC1. The van der Waals surface area contributed by atoms with Crippen LogP contribution in [0.3, 0.4) is 0 Å². The van der Waals surface area contributed by atoms with Crippen molar-refractivity contribution in [1.82, 2.24) is 15.1 Å². The third-order valence-electron chi connectivity index (χ3n) is 4.61. The molecule has 1 saturated heterocycles. The molecule has 0 bridgehead atoms. The standard InChI is InChI=1S/C16H33N3O2/c1-14(2)16(7-8-17-13-16)15(20)19(11-12-21-5)10-6-9-18(3)4/h14,17H,6-13H2,1-5H3. The molecular weight excluding hydrogens is 266 g/mol. The van der Waals surface area contributed by atoms with E-state index >= 15 is 0 Å². The number of nitrogens with zero attached hydrogens (tertiary/aromatic N) is 2. The number of hydrogen-bond donors (Lipinski definition) is 1. The number of carbonyl (C=O) groups excluding carboxylic acids is 1. The number of methoxy groups -OCH3 is 1. The van der Waals surface area contributed by atoms with E-state index in [1.54, 1.807) is 7.11 Å². The third-order valence-corrected chi connectivity index (χ3v) is 4.61. The zero-order valence-electron chi connectivity index (χ0n) is 14.4. The van der Waals surface area contributed by atoms with Crippen LogP contribution in [0.1, 0.15) is 26.7 Å². The molecule has 0 aromatic carbocycles. The lowest BCUT2D eigenvalue weighted by Crippen LogP contribution is -2.49. The van der Waals surface area contributed by atoms with Gasteiger partial charge in [0.05, 0.1) is 12.0 Å². The number of amides is 1. The zero-order chi connectivity index (χ0) is 15.9. The summed E-state index contributed by atoms with van der Waals surface area (Å²) in [6.45, 7) is 9.20. The van der Waals surface area contributed by atoms with E-state index in [1.165, 1.54) is 0 Å². The van der Waals surface area contributed by atoms with Crippen molar-refractivity contribution in [2.24, 2.45) is 11.3 Å². The summed E-state index contributed by atoms with van der Waals surface area (Å²) in [4.78, 5) is 17.3. The second kappa shape index (κ2) is 8.71. The Morgan fingerprint density at radius 2 is 2.00 bits per heavy atom. The Balaban J connectivity index is 2.72. The minimum absolute atomic E-state index is 0.230. The van der Waals surface area contributed by atoms with Crippen molar-refractivity contribution in [3.63, 3.8) is 0 Å². The maximum absolute atomic E-state index is 13.1. The fourth-order valence-corrected chi connectivity index (χ4v) is 3.04. The van der Waals surface area contributed by atoms with Gasteiger partial charge in [0.15, 0.2) is 0 Å². The Kier molecular flexibility index (Phi) is 7.63. The molecule has 0 aliphatic carbocycles. The monoisotopic (exact) mass is 299 g/mol. The van der Waals surface area contributed by atoms with Crippen molar-refractivity contribution >= 4 is 5.91 Å². The zero-order valence-corrected chi connectivity index (χ0v) is 14.4. The number of ether oxygens (including phenoxy) is 1. The normalized spacial score (nSPS) is 22.2. The first kappa shape index (κ1) is 18.4. The average molecular weight is 299 g/mol. The van der Waals surface area contributed by atoms with E-state index in [4.69, 9.17) is 4.74 Å². The molecule has 1 heterocycles. The van der Waals surface area contributed by atoms with E-state index in [1.807, 2.05) is 4.90 Å². The van der Waals surface area contributed by atoms with Crippen LogP contribution < -0.4 is 5.32 Å². The summed E-state index contributed by atoms with van der Waals surface area (Å²) in [7, 11) is 5.83. The Labute approximate surface area is 130 Å². The van der Waals surface area contributed by atoms with Crippen LogP contribution in [0.15, 0.2) is 0 Å². The molecule has 1 atom stereocenters. The summed E-state index contributed by atoms with van der Waals surface area (Å²) in [6, 6.07) is 0. The minimum atomic E-state index is -0.230. The van der Waals surface area contributed by atoms with Gasteiger partial charge in [-0.2, -0.15) is 0 Å². The Bertz CT molecular complexity index is 313. The van der Waals surface area contributed by atoms with Crippen molar-refractivity contribution in [3.05, 3.63) is 0 Å². The summed E-state index contributed by atoms with van der Waals surface area (Å²) in [5.41, 5.74) is -0.230. The molecule has 21 heavy (non-hydrogen) atoms. The fraction of sp³-hybridized carbons (Fsp3) is 0.938. The Morgan fingerprint density at radius 3 is 2.48 bits per heavy atom. The van der Waals surface area contributed by atoms with Crippen molar-refractivity contribution < 1.29 is 9.53 Å². The van der Waals surface area contributed by atoms with E-state index in [9.17, 15) is 4.79 Å². The molecule has 0 spiro atoms. The Hall–Kier alpha value is -0.650. The molecule has 1 N–H and O–H groups in total. The van der Waals surface area contributed by atoms with E-state index in [0.29, 0.717) is 25.0 Å². The van der Waals surface area contributed by atoms with Gasteiger partial charge in [-0.3, -0.25) is 4.79 Å². The molecule has 1 fully saturated rings. The summed E-state index contributed by atoms with van der Waals surface area (Å²) in [5, 5.41) is 3.37. The summed E-state index contributed by atoms with van der Waals surface area (Å²) >= 11 is 0. The van der Waals surface area contributed by atoms with Crippen LogP contribution in [0.4, 0.5) is 0 Å². The van der Waals surface area contributed by atoms with E-state index < -0.39 is 0 Å². The van der Waals surface area contributed by atoms with Crippen molar-refractivity contribution in [2.45, 2.75) is 26.7 Å². The molecule has 0 aromatic heterocycles. The van der Waals surface area contributed by atoms with Gasteiger partial charge >= 0.3 is 0 Å². The van der Waals surface area contributed by atoms with E-state index in [-0.39, 0.29) is 5.41 Å². The van der Waals surface area contributed by atoms with Gasteiger partial charge in [-0.25, -0.2) is 0 Å². The molecule has 0 radical (unpaired) electrons. The van der Waals surface area contributed by atoms with Gasteiger partial charge < -0.3 is 19.9 Å². The smallest absolute Gasteiger partial charge is 0.230 e. The maximum atomic E-state index is 13.1. The van der Waals surface area contributed by atoms with Gasteiger partial charge in [0.1, 0.15) is 0 Å². The van der Waals surface area contributed by atoms with Crippen molar-refractivity contribution in [1.29, 1.82) is 0 Å². The highest BCUT2D eigenvalue weighted by molar-refractivity contribution is 5.83. The largest absolute Gasteiger partial charge is 0.383 e. The van der Waals surface area contributed by atoms with Crippen LogP contribution in [-0.2, 0) is 9.53 Å². The highest BCUT2D eigenvalue weighted by atomic mass is 16.5. The second-order valence-electron chi connectivity index (χ2n) is 6.68. The molecule has 5 heteroatoms. The molecule has 1 unspecified atom stereocenters. The van der Waals surface area contributed by atoms with Crippen LogP contribution in [-0.4, -0.2) is 76.2 Å². The van der Waals surface area contributed by atoms with Gasteiger partial charge in [0.2, 0.25) is 5.91 Å². The molecule has 1 aliphatic rings. The minimum Gasteiger partial charge on any atom is -0.383 e. The van der Waals surface area contributed by atoms with Crippen LogP contribution in [0, 0.1) is 11.3 Å². The first-order chi connectivity index (χ1) is 9.94. The van der Waals surface area contributed by atoms with Gasteiger partial charge in [0, 0.05) is 26.7 Å². The summed E-state index contributed by atoms with van der Waals surface area (Å²) in [5.74, 6) is 0.664. The number of hydrogen-bond acceptors (Lipinski definition) is 4. The van der Waals surface area contributed by atoms with Gasteiger partial charge in [-0.1, -0.05) is 13.8 Å². The molecule has 0 aromatic rings. The first-order valence-electron chi connectivity index (χ1n) is 8.08. The number of rotatable bonds is 9. The third kappa shape index (κ3) is 4.94. The van der Waals surface area contributed by atoms with Crippen molar-refractivity contribution in [2.75, 3.05) is 60.5 Å². The molecule has 0 saturated carbocycles. The quantitative estimate of drug-likeness (QED) is 0.691. The van der Waals surface area contributed by atoms with Gasteiger partial charge in [-0.05, 0) is 45.9 Å². The van der Waals surface area contributed by atoms with Gasteiger partial charge in [-0.15, -0.1) is 0 Å². The lowest BCUT2D eigenvalue weighted by Gasteiger charge is -2.37. The topological polar surface area (TPSA) is 44.8 Å². The second-order valence-corrected chi connectivity index (χ2v) is 6.68. The summed E-state index contributed by atoms with van der Waals surface area (Å²) < 4.78 is 5.19. The predicted molar refractivity (Wildman–Crippen MR) is 86.4 cm³/mol. The molecule has 1 rings (SSSR count). The van der Waals surface area contributed by atoms with Crippen LogP contribution in [0.5, 0.6) is 0 Å². The highest BCUT2D eigenvalue weighted by Gasteiger charge is 2.45. The van der Waals surface area contributed by atoms with E-state index in [2.05, 4.69) is 38.2 Å². The molecule has 124 valence electrons. The van der Waals surface area contributed by atoms with Crippen LogP contribution in [0.25, 0.3) is 0 Å². The number of carbonyl (C=O) groups is 1. The fourth-order valence-electron chi connectivity index (χ4n) is 3.04. The first-order valence-corrected chi connectivity index (χ1v) is 8.08. The lowest BCUT2D eigenvalue weighted by molar-refractivity contribution is -0.144. The summed E-state index contributed by atoms with van der Waals surface area (Å²) in [6.07, 6.45) is 1.95. The lowest BCUT2D eigenvalue weighted by atomic mass is 9.75. The highest BCUT2D eigenvalue weighted by Crippen LogP contribution is 2.36. The number of nitrogens with one attached hydrogen (secondary N) is 1. The molecule has 1 amide bonds. The van der Waals surface area contributed by atoms with Crippen LogP contribution in [0.2, 0.25) is 0 Å². The molecule has 5 nitrogen and oxygen atoms in total. The Morgan fingerprint density at radius 1 is 1.29 bits per heavy atom. The molecular formula is C16H33N3O2. The van der Waals surface area contributed by atoms with Gasteiger partial charge in [0.25, 0.3) is 0 Å². The van der Waals surface area contributed by atoms with Crippen LogP contribution >= 0.6 is 0 Å².